The normalized spacial score (nSPS) is 46.7. The molecule has 28 heavy (non-hydrogen) atoms. The number of hydrogen-bond acceptors (Lipinski definition) is 2. The van der Waals surface area contributed by atoms with Gasteiger partial charge in [-0.25, -0.2) is 0 Å². The third-order valence-corrected chi connectivity index (χ3v) is 14.9. The van der Waals surface area contributed by atoms with Crippen LogP contribution >= 0.6 is 0 Å². The Labute approximate surface area is 174 Å². The Morgan fingerprint density at radius 1 is 0.929 bits per heavy atom. The molecule has 4 aliphatic carbocycles. The zero-order chi connectivity index (χ0) is 20.5. The maximum Gasteiger partial charge on any atom is 0.192 e. The summed E-state index contributed by atoms with van der Waals surface area (Å²) in [4.78, 5) is 12.6. The van der Waals surface area contributed by atoms with Gasteiger partial charge in [0.25, 0.3) is 0 Å². The number of carbonyl (C=O) groups is 1. The first kappa shape index (κ1) is 21.1. The first-order valence-electron chi connectivity index (χ1n) is 12.1. The zero-order valence-corrected chi connectivity index (χ0v) is 20.6. The highest BCUT2D eigenvalue weighted by Gasteiger charge is 2.58. The van der Waals surface area contributed by atoms with Crippen molar-refractivity contribution in [1.82, 2.24) is 0 Å². The molecule has 160 valence electrons. The molecule has 2 nitrogen and oxygen atoms in total. The maximum atomic E-state index is 12.6. The zero-order valence-electron chi connectivity index (χ0n) is 19.6. The number of hydrogen-bond donors (Lipinski definition) is 0. The Bertz CT molecular complexity index is 635. The standard InChI is InChI=1S/C25H44O2Si/c1-23(2,3)28(6,7)27-24(4)14-12-18-17(16-24)8-9-20-19(18)13-15-25(5)21(20)10-11-22(25)26/h17-21H,8-16H2,1-7H3/t17-,18+,19-,20-,21+,24?,25+/m1/s1. The van der Waals surface area contributed by atoms with Gasteiger partial charge in [-0.2, -0.15) is 0 Å². The van der Waals surface area contributed by atoms with Crippen molar-refractivity contribution in [3.05, 3.63) is 0 Å². The van der Waals surface area contributed by atoms with E-state index >= 15 is 0 Å². The van der Waals surface area contributed by atoms with Crippen LogP contribution in [-0.4, -0.2) is 19.7 Å². The minimum Gasteiger partial charge on any atom is -0.412 e. The van der Waals surface area contributed by atoms with Crippen molar-refractivity contribution in [2.45, 2.75) is 116 Å². The fourth-order valence-corrected chi connectivity index (χ4v) is 9.42. The highest BCUT2D eigenvalue weighted by atomic mass is 28.4. The smallest absolute Gasteiger partial charge is 0.192 e. The molecule has 4 aliphatic rings. The summed E-state index contributed by atoms with van der Waals surface area (Å²) in [6, 6.07) is 0. The molecule has 0 N–H and O–H groups in total. The highest BCUT2D eigenvalue weighted by Crippen LogP contribution is 2.62. The van der Waals surface area contributed by atoms with Gasteiger partial charge < -0.3 is 4.43 Å². The number of fused-ring (bicyclic) bond motifs is 5. The predicted molar refractivity (Wildman–Crippen MR) is 119 cm³/mol. The topological polar surface area (TPSA) is 26.3 Å². The lowest BCUT2D eigenvalue weighted by molar-refractivity contribution is -0.134. The number of rotatable bonds is 2. The minimum absolute atomic E-state index is 0.0304. The van der Waals surface area contributed by atoms with Crippen LogP contribution in [0.1, 0.15) is 92.4 Å². The van der Waals surface area contributed by atoms with E-state index in [0.717, 1.165) is 30.1 Å². The Morgan fingerprint density at radius 2 is 1.61 bits per heavy atom. The van der Waals surface area contributed by atoms with Gasteiger partial charge in [-0.1, -0.05) is 27.7 Å². The molecule has 4 fully saturated rings. The summed E-state index contributed by atoms with van der Waals surface area (Å²) < 4.78 is 7.01. The predicted octanol–water partition coefficient (Wildman–Crippen LogP) is 6.99. The molecular weight excluding hydrogens is 360 g/mol. The third kappa shape index (κ3) is 3.27. The first-order valence-corrected chi connectivity index (χ1v) is 15.0. The molecule has 7 atom stereocenters. The Kier molecular flexibility index (Phi) is 5.03. The van der Waals surface area contributed by atoms with E-state index < -0.39 is 8.32 Å². The van der Waals surface area contributed by atoms with Crippen molar-refractivity contribution in [3.63, 3.8) is 0 Å². The van der Waals surface area contributed by atoms with Crippen molar-refractivity contribution in [2.75, 3.05) is 0 Å². The monoisotopic (exact) mass is 404 g/mol. The molecule has 3 heteroatoms. The maximum absolute atomic E-state index is 12.6. The van der Waals surface area contributed by atoms with E-state index in [1.54, 1.807) is 0 Å². The summed E-state index contributed by atoms with van der Waals surface area (Å²) in [5.41, 5.74) is 0.117. The largest absolute Gasteiger partial charge is 0.412 e. The molecule has 0 spiro atoms. The molecule has 4 saturated carbocycles. The first-order chi connectivity index (χ1) is 12.9. The van der Waals surface area contributed by atoms with Crippen molar-refractivity contribution in [2.24, 2.45) is 35.0 Å². The molecule has 0 aromatic rings. The summed E-state index contributed by atoms with van der Waals surface area (Å²) in [5.74, 6) is 4.74. The van der Waals surface area contributed by atoms with E-state index in [2.05, 4.69) is 47.7 Å². The SMILES string of the molecule is CC1(O[Si](C)(C)C(C)(C)C)CC[C@H]2[C@H](CC[C@@H]3[C@@H]2CC[C@]2(C)C(=O)CC[C@@H]32)C1. The van der Waals surface area contributed by atoms with Gasteiger partial charge in [-0.15, -0.1) is 0 Å². The molecule has 0 radical (unpaired) electrons. The lowest BCUT2D eigenvalue weighted by atomic mass is 9.50. The molecule has 0 aromatic carbocycles. The number of carbonyl (C=O) groups excluding carboxylic acids is 1. The van der Waals surface area contributed by atoms with Crippen molar-refractivity contribution in [3.8, 4) is 0 Å². The van der Waals surface area contributed by atoms with Crippen LogP contribution < -0.4 is 0 Å². The Morgan fingerprint density at radius 3 is 2.29 bits per heavy atom. The van der Waals surface area contributed by atoms with E-state index in [0.29, 0.717) is 11.7 Å². The molecule has 0 aliphatic heterocycles. The van der Waals surface area contributed by atoms with E-state index in [1.165, 1.54) is 51.4 Å². The van der Waals surface area contributed by atoms with Crippen LogP contribution in [0.2, 0.25) is 18.1 Å². The van der Waals surface area contributed by atoms with Gasteiger partial charge in [0.05, 0.1) is 5.60 Å². The summed E-state index contributed by atoms with van der Waals surface area (Å²) in [5, 5.41) is 0.285. The van der Waals surface area contributed by atoms with Crippen LogP contribution in [0.4, 0.5) is 0 Å². The molecule has 1 unspecified atom stereocenters. The van der Waals surface area contributed by atoms with Crippen LogP contribution in [0, 0.1) is 35.0 Å². The Hall–Kier alpha value is -0.153. The van der Waals surface area contributed by atoms with Crippen molar-refractivity contribution >= 4 is 14.1 Å². The van der Waals surface area contributed by atoms with Crippen LogP contribution in [0.5, 0.6) is 0 Å². The van der Waals surface area contributed by atoms with Crippen LogP contribution in [0.25, 0.3) is 0 Å². The van der Waals surface area contributed by atoms with Crippen molar-refractivity contribution < 1.29 is 9.22 Å². The van der Waals surface area contributed by atoms with Gasteiger partial charge in [0, 0.05) is 11.8 Å². The second-order valence-corrected chi connectivity index (χ2v) is 17.6. The van der Waals surface area contributed by atoms with E-state index in [9.17, 15) is 4.79 Å². The average Bonchev–Trinajstić information content (AvgIpc) is 2.88. The highest BCUT2D eigenvalue weighted by molar-refractivity contribution is 6.74. The van der Waals surface area contributed by atoms with E-state index in [-0.39, 0.29) is 16.1 Å². The van der Waals surface area contributed by atoms with Gasteiger partial charge in [0.2, 0.25) is 0 Å². The minimum atomic E-state index is -1.73. The molecule has 0 bridgehead atoms. The number of ketones is 1. The molecular formula is C25H44O2Si. The summed E-state index contributed by atoms with van der Waals surface area (Å²) in [7, 11) is -1.73. The van der Waals surface area contributed by atoms with Gasteiger partial charge in [-0.3, -0.25) is 4.79 Å². The van der Waals surface area contributed by atoms with Crippen LogP contribution in [-0.2, 0) is 9.22 Å². The quantitative estimate of drug-likeness (QED) is 0.464. The van der Waals surface area contributed by atoms with Gasteiger partial charge >= 0.3 is 0 Å². The Balaban J connectivity index is 1.47. The van der Waals surface area contributed by atoms with Crippen LogP contribution in [0.3, 0.4) is 0 Å². The molecule has 0 amide bonds. The third-order valence-electron chi connectivity index (χ3n) is 10.2. The van der Waals surface area contributed by atoms with Crippen LogP contribution in [0.15, 0.2) is 0 Å². The second kappa shape index (κ2) is 6.67. The molecule has 0 saturated heterocycles. The fourth-order valence-electron chi connectivity index (χ4n) is 7.70. The van der Waals surface area contributed by atoms with E-state index in [1.807, 2.05) is 0 Å². The number of Topliss-reactive ketones (excluding diaryl/α,β-unsaturated/α-hetero) is 1. The van der Waals surface area contributed by atoms with Gasteiger partial charge in [0.1, 0.15) is 5.78 Å². The average molecular weight is 405 g/mol. The second-order valence-electron chi connectivity index (χ2n) is 12.9. The van der Waals surface area contributed by atoms with Gasteiger partial charge in [0.15, 0.2) is 8.32 Å². The van der Waals surface area contributed by atoms with E-state index in [4.69, 9.17) is 4.43 Å². The molecule has 0 heterocycles. The summed E-state index contributed by atoms with van der Waals surface area (Å²) in [6.45, 7) is 16.6. The summed E-state index contributed by atoms with van der Waals surface area (Å²) in [6.07, 6.45) is 11.1. The lowest BCUT2D eigenvalue weighted by Crippen LogP contribution is -2.54. The lowest BCUT2D eigenvalue weighted by Gasteiger charge is -2.57. The van der Waals surface area contributed by atoms with Crippen molar-refractivity contribution in [1.29, 1.82) is 0 Å². The molecule has 4 rings (SSSR count). The summed E-state index contributed by atoms with van der Waals surface area (Å²) >= 11 is 0. The molecule has 0 aromatic heterocycles. The fraction of sp³-hybridized carbons (Fsp3) is 0.960. The van der Waals surface area contributed by atoms with Gasteiger partial charge in [-0.05, 0) is 106 Å².